The molecule has 378 valence electrons. The molecule has 0 bridgehead atoms. The third kappa shape index (κ3) is 7.15. The molecular weight excluding hydrogens is 921 g/mol. The van der Waals surface area contributed by atoms with Gasteiger partial charge in [-0.3, -0.25) is 0 Å². The van der Waals surface area contributed by atoms with Crippen molar-refractivity contribution in [3.05, 3.63) is 203 Å². The van der Waals surface area contributed by atoms with Crippen LogP contribution >= 0.6 is 0 Å². The Balaban J connectivity index is 1.12. The number of aromatic nitrogens is 2. The molecule has 8 aromatic carbocycles. The van der Waals surface area contributed by atoms with Crippen LogP contribution in [0, 0.1) is 0 Å². The molecule has 13 rings (SSSR count). The van der Waals surface area contributed by atoms with E-state index in [1.165, 1.54) is 148 Å². The van der Waals surface area contributed by atoms with Gasteiger partial charge in [0.15, 0.2) is 8.07 Å². The highest BCUT2D eigenvalue weighted by atomic mass is 28.3. The molecule has 0 saturated heterocycles. The second-order valence-corrected chi connectivity index (χ2v) is 31.1. The lowest BCUT2D eigenvalue weighted by atomic mass is 9.63. The van der Waals surface area contributed by atoms with Gasteiger partial charge in [-0.2, -0.15) is 0 Å². The Labute approximate surface area is 447 Å². The Bertz CT molecular complexity index is 3730. The van der Waals surface area contributed by atoms with Gasteiger partial charge in [0.2, 0.25) is 0 Å². The SMILES string of the molecule is CC1(C)CCC(C)(C)c2cc([Si](c3cccc(-n4c5ccccc5c5cc(-n6c7ccccc7c7ccccc76)ccc54)c3)(c3ccc4c(c3)C(C)(C)CCC4(C)C)c3ccc4c(c3)C(C)(C)CCC4(C)C)ccc21. The van der Waals surface area contributed by atoms with Crippen LogP contribution in [0.15, 0.2) is 170 Å². The van der Waals surface area contributed by atoms with E-state index in [-0.39, 0.29) is 32.5 Å². The van der Waals surface area contributed by atoms with Crippen LogP contribution in [0.1, 0.15) is 155 Å². The number of hydrogen-bond acceptors (Lipinski definition) is 0. The van der Waals surface area contributed by atoms with Crippen LogP contribution in [0.3, 0.4) is 0 Å². The average molecular weight is 997 g/mol. The highest BCUT2D eigenvalue weighted by molar-refractivity contribution is 7.20. The van der Waals surface area contributed by atoms with Gasteiger partial charge in [0.25, 0.3) is 0 Å². The second kappa shape index (κ2) is 16.3. The summed E-state index contributed by atoms with van der Waals surface area (Å²) in [5, 5.41) is 11.0. The normalized spacial score (nSPS) is 19.0. The molecule has 0 spiro atoms. The first kappa shape index (κ1) is 48.2. The topological polar surface area (TPSA) is 9.86 Å². The van der Waals surface area contributed by atoms with Gasteiger partial charge in [-0.1, -0.05) is 204 Å². The van der Waals surface area contributed by atoms with E-state index < -0.39 is 8.07 Å². The fourth-order valence-electron chi connectivity index (χ4n) is 14.9. The number of benzene rings is 8. The van der Waals surface area contributed by atoms with Crippen molar-refractivity contribution in [2.45, 2.75) is 154 Å². The van der Waals surface area contributed by atoms with Crippen LogP contribution in [0.4, 0.5) is 0 Å². The van der Waals surface area contributed by atoms with Crippen molar-refractivity contribution < 1.29 is 0 Å². The largest absolute Gasteiger partial charge is 0.309 e. The van der Waals surface area contributed by atoms with Crippen molar-refractivity contribution in [2.24, 2.45) is 0 Å². The van der Waals surface area contributed by atoms with Crippen LogP contribution in [-0.4, -0.2) is 17.2 Å². The highest BCUT2D eigenvalue weighted by Gasteiger charge is 2.48. The third-order valence-electron chi connectivity index (χ3n) is 19.9. The summed E-state index contributed by atoms with van der Waals surface area (Å²) in [6, 6.07) is 67.7. The first-order valence-electron chi connectivity index (χ1n) is 28.2. The minimum atomic E-state index is -3.20. The summed E-state index contributed by atoms with van der Waals surface area (Å²) in [5.41, 5.74) is 16.9. The van der Waals surface area contributed by atoms with Crippen LogP contribution in [0.25, 0.3) is 55.0 Å². The number of nitrogens with zero attached hydrogens (tertiary/aromatic N) is 2. The minimum absolute atomic E-state index is 0.0492. The zero-order valence-corrected chi connectivity index (χ0v) is 47.8. The Morgan fingerprint density at radius 2 is 0.587 bits per heavy atom. The minimum Gasteiger partial charge on any atom is -0.309 e. The van der Waals surface area contributed by atoms with E-state index in [0.717, 1.165) is 0 Å². The lowest BCUT2D eigenvalue weighted by Crippen LogP contribution is -2.75. The first-order chi connectivity index (χ1) is 35.6. The van der Waals surface area contributed by atoms with Gasteiger partial charge in [-0.25, -0.2) is 0 Å². The second-order valence-electron chi connectivity index (χ2n) is 27.3. The predicted molar refractivity (Wildman–Crippen MR) is 325 cm³/mol. The maximum Gasteiger partial charge on any atom is 0.179 e. The van der Waals surface area contributed by atoms with Gasteiger partial charge in [-0.15, -0.1) is 0 Å². The Morgan fingerprint density at radius 3 is 0.987 bits per heavy atom. The molecule has 2 heterocycles. The molecule has 0 N–H and O–H groups in total. The van der Waals surface area contributed by atoms with Gasteiger partial charge < -0.3 is 9.13 Å². The molecule has 0 fully saturated rings. The number of hydrogen-bond donors (Lipinski definition) is 0. The van der Waals surface area contributed by atoms with E-state index in [1.54, 1.807) is 0 Å². The van der Waals surface area contributed by atoms with Crippen molar-refractivity contribution in [1.82, 2.24) is 9.13 Å². The van der Waals surface area contributed by atoms with Gasteiger partial charge in [0.05, 0.1) is 22.1 Å². The standard InChI is InChI=1S/C72H76N2Si/c1-67(2)36-39-70(7,8)60-44-50(29-32-57(60)67)75(51-30-33-58-61(45-51)71(9,10)40-37-68(58,3)4,52-31-34-59-62(46-52)72(11,12)41-38-69(59,5)6)49-21-19-20-47(42-49)73-65-27-18-15-24-55(65)56-43-48(28-35-66(56)73)74-63-25-16-13-22-53(63)54-23-14-17-26-64(54)74/h13-35,42-46H,36-41H2,1-12H3. The summed E-state index contributed by atoms with van der Waals surface area (Å²) < 4.78 is 5.03. The Kier molecular flexibility index (Phi) is 10.5. The molecule has 0 unspecified atom stereocenters. The summed E-state index contributed by atoms with van der Waals surface area (Å²) in [7, 11) is -3.20. The van der Waals surface area contributed by atoms with Crippen molar-refractivity contribution >= 4 is 72.4 Å². The molecule has 0 atom stereocenters. The van der Waals surface area contributed by atoms with E-state index in [2.05, 4.69) is 262 Å². The van der Waals surface area contributed by atoms with Crippen LogP contribution in [-0.2, 0) is 32.5 Å². The first-order valence-corrected chi connectivity index (χ1v) is 30.2. The Hall–Kier alpha value is -6.42. The molecule has 3 heteroatoms. The van der Waals surface area contributed by atoms with Gasteiger partial charge >= 0.3 is 0 Å². The monoisotopic (exact) mass is 997 g/mol. The highest BCUT2D eigenvalue weighted by Crippen LogP contribution is 2.49. The van der Waals surface area contributed by atoms with Gasteiger partial charge in [0.1, 0.15) is 0 Å². The molecule has 0 aliphatic heterocycles. The van der Waals surface area contributed by atoms with E-state index in [9.17, 15) is 0 Å². The summed E-state index contributed by atoms with van der Waals surface area (Å²) in [5.74, 6) is 0. The van der Waals surface area contributed by atoms with E-state index in [1.807, 2.05) is 0 Å². The molecule has 10 aromatic rings. The third-order valence-corrected chi connectivity index (χ3v) is 24.6. The van der Waals surface area contributed by atoms with Crippen molar-refractivity contribution in [3.8, 4) is 11.4 Å². The lowest BCUT2D eigenvalue weighted by Gasteiger charge is -2.46. The van der Waals surface area contributed by atoms with Crippen LogP contribution in [0.5, 0.6) is 0 Å². The van der Waals surface area contributed by atoms with Crippen molar-refractivity contribution in [3.63, 3.8) is 0 Å². The maximum absolute atomic E-state index is 3.20. The summed E-state index contributed by atoms with van der Waals surface area (Å²) in [6.45, 7) is 29.9. The molecule has 2 nitrogen and oxygen atoms in total. The molecule has 0 radical (unpaired) electrons. The molecule has 0 amide bonds. The quantitative estimate of drug-likeness (QED) is 0.116. The van der Waals surface area contributed by atoms with Crippen LogP contribution < -0.4 is 20.7 Å². The molecule has 3 aliphatic rings. The fraction of sp³-hybridized carbons (Fsp3) is 0.333. The van der Waals surface area contributed by atoms with Crippen molar-refractivity contribution in [1.29, 1.82) is 0 Å². The summed E-state index contributed by atoms with van der Waals surface area (Å²) in [4.78, 5) is 0. The smallest absolute Gasteiger partial charge is 0.179 e. The number of rotatable bonds is 6. The molecule has 3 aliphatic carbocycles. The van der Waals surface area contributed by atoms with E-state index in [0.29, 0.717) is 0 Å². The summed E-state index contributed by atoms with van der Waals surface area (Å²) in [6.07, 6.45) is 7.12. The van der Waals surface area contributed by atoms with Gasteiger partial charge in [-0.05, 0) is 174 Å². The fourth-order valence-corrected chi connectivity index (χ4v) is 19.7. The predicted octanol–water partition coefficient (Wildman–Crippen LogP) is 16.3. The van der Waals surface area contributed by atoms with E-state index >= 15 is 0 Å². The zero-order valence-electron chi connectivity index (χ0n) is 46.8. The lowest BCUT2D eigenvalue weighted by molar-refractivity contribution is 0.332. The van der Waals surface area contributed by atoms with Crippen molar-refractivity contribution in [2.75, 3.05) is 0 Å². The maximum atomic E-state index is 2.74. The molecule has 75 heavy (non-hydrogen) atoms. The average Bonchev–Trinajstić information content (AvgIpc) is 3.92. The summed E-state index contributed by atoms with van der Waals surface area (Å²) >= 11 is 0. The molecule has 2 aromatic heterocycles. The van der Waals surface area contributed by atoms with Crippen LogP contribution in [0.2, 0.25) is 0 Å². The van der Waals surface area contributed by atoms with Gasteiger partial charge in [0, 0.05) is 32.9 Å². The Morgan fingerprint density at radius 1 is 0.267 bits per heavy atom. The number of para-hydroxylation sites is 3. The molecular formula is C72H76N2Si. The molecule has 0 saturated carbocycles. The number of fused-ring (bicyclic) bond motifs is 9. The zero-order chi connectivity index (χ0) is 52.2. The van der Waals surface area contributed by atoms with E-state index in [4.69, 9.17) is 0 Å².